The van der Waals surface area contributed by atoms with Crippen LogP contribution in [0.25, 0.3) is 10.9 Å². The lowest BCUT2D eigenvalue weighted by Crippen LogP contribution is -2.30. The molecule has 0 atom stereocenters. The quantitative estimate of drug-likeness (QED) is 0.574. The highest BCUT2D eigenvalue weighted by Crippen LogP contribution is 2.29. The van der Waals surface area contributed by atoms with Gasteiger partial charge in [0.15, 0.2) is 0 Å². The average molecular weight is 407 g/mol. The van der Waals surface area contributed by atoms with Crippen molar-refractivity contribution >= 4 is 22.4 Å². The SMILES string of the molecule is CCc1cc2c(Nc3ccc(C)cc3F)ncnc2cc1CCC1CCN(C)CC1. The Labute approximate surface area is 178 Å². The number of fused-ring (bicyclic) bond motifs is 1. The van der Waals surface area contributed by atoms with Crippen molar-refractivity contribution in [2.24, 2.45) is 5.92 Å². The Kier molecular flexibility index (Phi) is 6.28. The first-order valence-electron chi connectivity index (χ1n) is 11.0. The van der Waals surface area contributed by atoms with Crippen molar-refractivity contribution < 1.29 is 4.39 Å². The molecule has 4 rings (SSSR count). The Morgan fingerprint density at radius 3 is 2.63 bits per heavy atom. The topological polar surface area (TPSA) is 41.1 Å². The Morgan fingerprint density at radius 2 is 1.90 bits per heavy atom. The largest absolute Gasteiger partial charge is 0.337 e. The van der Waals surface area contributed by atoms with Crippen LogP contribution in [0.4, 0.5) is 15.9 Å². The van der Waals surface area contributed by atoms with E-state index in [1.54, 1.807) is 12.4 Å². The number of hydrogen-bond acceptors (Lipinski definition) is 4. The van der Waals surface area contributed by atoms with Crippen LogP contribution in [0.15, 0.2) is 36.7 Å². The molecule has 1 aromatic heterocycles. The molecule has 1 N–H and O–H groups in total. The lowest BCUT2D eigenvalue weighted by atomic mass is 9.89. The lowest BCUT2D eigenvalue weighted by molar-refractivity contribution is 0.212. The first-order chi connectivity index (χ1) is 14.5. The molecular weight excluding hydrogens is 375 g/mol. The third-order valence-electron chi connectivity index (χ3n) is 6.38. The zero-order chi connectivity index (χ0) is 21.1. The van der Waals surface area contributed by atoms with Gasteiger partial charge in [-0.3, -0.25) is 0 Å². The molecule has 1 fully saturated rings. The zero-order valence-electron chi connectivity index (χ0n) is 18.2. The summed E-state index contributed by atoms with van der Waals surface area (Å²) in [4.78, 5) is 11.3. The van der Waals surface area contributed by atoms with Crippen molar-refractivity contribution in [1.29, 1.82) is 0 Å². The number of likely N-dealkylation sites (tertiary alicyclic amines) is 1. The third kappa shape index (κ3) is 4.62. The van der Waals surface area contributed by atoms with E-state index in [1.165, 1.54) is 49.5 Å². The van der Waals surface area contributed by atoms with Gasteiger partial charge in [0.25, 0.3) is 0 Å². The van der Waals surface area contributed by atoms with E-state index >= 15 is 0 Å². The van der Waals surface area contributed by atoms with Crippen molar-refractivity contribution in [1.82, 2.24) is 14.9 Å². The summed E-state index contributed by atoms with van der Waals surface area (Å²) in [6.45, 7) is 6.49. The molecule has 0 saturated carbocycles. The number of nitrogens with zero attached hydrogens (tertiary/aromatic N) is 3. The minimum atomic E-state index is -0.271. The molecule has 0 bridgehead atoms. The van der Waals surface area contributed by atoms with Crippen LogP contribution < -0.4 is 5.32 Å². The molecule has 0 amide bonds. The van der Waals surface area contributed by atoms with Gasteiger partial charge in [-0.05, 0) is 106 Å². The molecule has 5 heteroatoms. The zero-order valence-corrected chi connectivity index (χ0v) is 18.2. The van der Waals surface area contributed by atoms with Crippen LogP contribution in [-0.2, 0) is 12.8 Å². The molecule has 1 aliphatic rings. The molecular formula is C25H31FN4. The van der Waals surface area contributed by atoms with Crippen LogP contribution in [0.5, 0.6) is 0 Å². The fourth-order valence-electron chi connectivity index (χ4n) is 4.41. The van der Waals surface area contributed by atoms with Gasteiger partial charge < -0.3 is 10.2 Å². The summed E-state index contributed by atoms with van der Waals surface area (Å²) in [5.41, 5.74) is 4.96. The van der Waals surface area contributed by atoms with E-state index in [2.05, 4.69) is 46.3 Å². The first-order valence-corrected chi connectivity index (χ1v) is 11.0. The van der Waals surface area contributed by atoms with Crippen molar-refractivity contribution in [3.05, 3.63) is 59.2 Å². The molecule has 0 radical (unpaired) electrons. The molecule has 1 aliphatic heterocycles. The van der Waals surface area contributed by atoms with Gasteiger partial charge in [0.1, 0.15) is 18.0 Å². The maximum absolute atomic E-state index is 14.3. The lowest BCUT2D eigenvalue weighted by Gasteiger charge is -2.29. The Balaban J connectivity index is 1.58. The standard InChI is InChI=1S/C25H31FN4/c1-4-19-14-21-24(15-20(19)7-6-18-9-11-30(3)12-10-18)27-16-28-25(21)29-23-8-5-17(2)13-22(23)26/h5,8,13-16,18H,4,6-7,9-12H2,1-3H3,(H,27,28,29). The van der Waals surface area contributed by atoms with E-state index in [-0.39, 0.29) is 5.82 Å². The maximum Gasteiger partial charge on any atom is 0.146 e. The molecule has 0 aliphatic carbocycles. The minimum Gasteiger partial charge on any atom is -0.337 e. The van der Waals surface area contributed by atoms with Gasteiger partial charge in [0.05, 0.1) is 11.2 Å². The fourth-order valence-corrected chi connectivity index (χ4v) is 4.41. The summed E-state index contributed by atoms with van der Waals surface area (Å²) in [6.07, 6.45) is 7.44. The molecule has 1 saturated heterocycles. The van der Waals surface area contributed by atoms with Gasteiger partial charge in [0.2, 0.25) is 0 Å². The van der Waals surface area contributed by atoms with Gasteiger partial charge in [-0.1, -0.05) is 13.0 Å². The molecule has 158 valence electrons. The highest BCUT2D eigenvalue weighted by Gasteiger charge is 2.17. The van der Waals surface area contributed by atoms with Crippen LogP contribution in [0.2, 0.25) is 0 Å². The number of aromatic nitrogens is 2. The average Bonchev–Trinajstić information content (AvgIpc) is 2.75. The molecule has 2 heterocycles. The highest BCUT2D eigenvalue weighted by molar-refractivity contribution is 5.91. The summed E-state index contributed by atoms with van der Waals surface area (Å²) < 4.78 is 14.3. The summed E-state index contributed by atoms with van der Waals surface area (Å²) in [6, 6.07) is 9.59. The van der Waals surface area contributed by atoms with Crippen molar-refractivity contribution in [2.45, 2.75) is 46.0 Å². The Morgan fingerprint density at radius 1 is 1.10 bits per heavy atom. The van der Waals surface area contributed by atoms with E-state index in [0.717, 1.165) is 35.2 Å². The summed E-state index contributed by atoms with van der Waals surface area (Å²) in [5.74, 6) is 1.19. The summed E-state index contributed by atoms with van der Waals surface area (Å²) in [7, 11) is 2.21. The summed E-state index contributed by atoms with van der Waals surface area (Å²) >= 11 is 0. The van der Waals surface area contributed by atoms with Gasteiger partial charge in [0, 0.05) is 5.39 Å². The van der Waals surface area contributed by atoms with Crippen LogP contribution >= 0.6 is 0 Å². The van der Waals surface area contributed by atoms with Gasteiger partial charge >= 0.3 is 0 Å². The number of piperidine rings is 1. The van der Waals surface area contributed by atoms with Crippen LogP contribution in [0.3, 0.4) is 0 Å². The van der Waals surface area contributed by atoms with Gasteiger partial charge in [-0.25, -0.2) is 14.4 Å². The van der Waals surface area contributed by atoms with Gasteiger partial charge in [-0.2, -0.15) is 0 Å². The first kappa shape index (κ1) is 20.7. The normalized spacial score (nSPS) is 15.6. The number of benzene rings is 2. The second kappa shape index (κ2) is 9.09. The predicted molar refractivity (Wildman–Crippen MR) is 122 cm³/mol. The monoisotopic (exact) mass is 406 g/mol. The Hall–Kier alpha value is -2.53. The van der Waals surface area contributed by atoms with Crippen molar-refractivity contribution in [3.63, 3.8) is 0 Å². The number of rotatable bonds is 6. The smallest absolute Gasteiger partial charge is 0.146 e. The third-order valence-corrected chi connectivity index (χ3v) is 6.38. The number of halogens is 1. The number of hydrogen-bond donors (Lipinski definition) is 1. The molecule has 3 aromatic rings. The summed E-state index contributed by atoms with van der Waals surface area (Å²) in [5, 5.41) is 4.11. The highest BCUT2D eigenvalue weighted by atomic mass is 19.1. The van der Waals surface area contributed by atoms with Crippen LogP contribution in [0.1, 0.15) is 42.9 Å². The predicted octanol–water partition coefficient (Wildman–Crippen LogP) is 5.66. The molecule has 2 aromatic carbocycles. The van der Waals surface area contributed by atoms with Gasteiger partial charge in [-0.15, -0.1) is 0 Å². The fraction of sp³-hybridized carbons (Fsp3) is 0.440. The molecule has 0 spiro atoms. The van der Waals surface area contributed by atoms with E-state index in [4.69, 9.17) is 0 Å². The maximum atomic E-state index is 14.3. The molecule has 30 heavy (non-hydrogen) atoms. The van der Waals surface area contributed by atoms with Crippen molar-refractivity contribution in [2.75, 3.05) is 25.5 Å². The number of aryl methyl sites for hydroxylation is 3. The molecule has 4 nitrogen and oxygen atoms in total. The van der Waals surface area contributed by atoms with Crippen LogP contribution in [-0.4, -0.2) is 35.0 Å². The molecule has 0 unspecified atom stereocenters. The van der Waals surface area contributed by atoms with E-state index in [0.29, 0.717) is 11.5 Å². The minimum absolute atomic E-state index is 0.271. The second-order valence-electron chi connectivity index (χ2n) is 8.61. The Bertz CT molecular complexity index is 1030. The van der Waals surface area contributed by atoms with E-state index < -0.39 is 0 Å². The van der Waals surface area contributed by atoms with Crippen molar-refractivity contribution in [3.8, 4) is 0 Å². The number of anilines is 2. The second-order valence-corrected chi connectivity index (χ2v) is 8.61. The number of nitrogens with one attached hydrogen (secondary N) is 1. The van der Waals surface area contributed by atoms with E-state index in [1.807, 2.05) is 13.0 Å². The van der Waals surface area contributed by atoms with E-state index in [9.17, 15) is 4.39 Å². The van der Waals surface area contributed by atoms with Crippen LogP contribution in [0, 0.1) is 18.7 Å².